The van der Waals surface area contributed by atoms with Gasteiger partial charge in [0.2, 0.25) is 0 Å². The zero-order valence-electron chi connectivity index (χ0n) is 9.33. The molecule has 15 heavy (non-hydrogen) atoms. The molecule has 1 saturated heterocycles. The van der Waals surface area contributed by atoms with Crippen molar-refractivity contribution in [2.45, 2.75) is 32.4 Å². The van der Waals surface area contributed by atoms with Crippen LogP contribution >= 0.6 is 0 Å². The molecule has 0 spiro atoms. The molecule has 1 N–H and O–H groups in total. The van der Waals surface area contributed by atoms with Crippen molar-refractivity contribution in [3.63, 3.8) is 0 Å². The van der Waals surface area contributed by atoms with Crippen LogP contribution in [0.4, 0.5) is 0 Å². The molecule has 1 fully saturated rings. The van der Waals surface area contributed by atoms with Crippen LogP contribution in [0.1, 0.15) is 24.0 Å². The van der Waals surface area contributed by atoms with Crippen molar-refractivity contribution in [1.29, 1.82) is 0 Å². The quantitative estimate of drug-likeness (QED) is 0.817. The van der Waals surface area contributed by atoms with Gasteiger partial charge in [-0.15, -0.1) is 0 Å². The number of nitrogens with one attached hydrogen (secondary N) is 1. The Morgan fingerprint density at radius 2 is 2.40 bits per heavy atom. The van der Waals surface area contributed by atoms with Crippen LogP contribution in [0, 0.1) is 6.92 Å². The fraction of sp³-hybridized carbons (Fsp3) is 0.538. The molecule has 0 amide bonds. The maximum Gasteiger partial charge on any atom is 0.0619 e. The first-order chi connectivity index (χ1) is 7.34. The molecule has 1 aliphatic rings. The summed E-state index contributed by atoms with van der Waals surface area (Å²) in [7, 11) is 0. The maximum absolute atomic E-state index is 5.43. The second-order valence-electron chi connectivity index (χ2n) is 4.28. The molecule has 82 valence electrons. The van der Waals surface area contributed by atoms with Gasteiger partial charge in [-0.2, -0.15) is 0 Å². The van der Waals surface area contributed by atoms with Crippen molar-refractivity contribution in [2.75, 3.05) is 13.2 Å². The highest BCUT2D eigenvalue weighted by Crippen LogP contribution is 2.08. The third kappa shape index (κ3) is 3.33. The highest BCUT2D eigenvalue weighted by molar-refractivity contribution is 5.22. The maximum atomic E-state index is 5.43. The number of rotatable bonds is 3. The van der Waals surface area contributed by atoms with Gasteiger partial charge in [0.15, 0.2) is 0 Å². The summed E-state index contributed by atoms with van der Waals surface area (Å²) in [5, 5.41) is 3.54. The predicted molar refractivity (Wildman–Crippen MR) is 61.9 cm³/mol. The lowest BCUT2D eigenvalue weighted by atomic mass is 10.1. The van der Waals surface area contributed by atoms with Gasteiger partial charge < -0.3 is 10.1 Å². The number of benzene rings is 1. The Morgan fingerprint density at radius 1 is 1.47 bits per heavy atom. The van der Waals surface area contributed by atoms with Crippen LogP contribution in [0.25, 0.3) is 0 Å². The van der Waals surface area contributed by atoms with E-state index in [1.165, 1.54) is 24.0 Å². The van der Waals surface area contributed by atoms with Gasteiger partial charge in [-0.25, -0.2) is 0 Å². The number of ether oxygens (including phenoxy) is 1. The van der Waals surface area contributed by atoms with Crippen LogP contribution in [-0.2, 0) is 11.3 Å². The van der Waals surface area contributed by atoms with Crippen LogP contribution in [-0.4, -0.2) is 19.3 Å². The van der Waals surface area contributed by atoms with E-state index in [0.29, 0.717) is 6.04 Å². The lowest BCUT2D eigenvalue weighted by molar-refractivity contribution is 0.0699. The Morgan fingerprint density at radius 3 is 3.13 bits per heavy atom. The van der Waals surface area contributed by atoms with Gasteiger partial charge in [-0.3, -0.25) is 0 Å². The fourth-order valence-electron chi connectivity index (χ4n) is 1.99. The number of aryl methyl sites for hydroxylation is 1. The third-order valence-corrected chi connectivity index (χ3v) is 2.84. The van der Waals surface area contributed by atoms with Crippen molar-refractivity contribution in [3.8, 4) is 0 Å². The first-order valence-electron chi connectivity index (χ1n) is 5.71. The normalized spacial score (nSPS) is 21.5. The Balaban J connectivity index is 1.81. The number of hydrogen-bond acceptors (Lipinski definition) is 2. The molecule has 0 aromatic heterocycles. The smallest absolute Gasteiger partial charge is 0.0619 e. The first kappa shape index (κ1) is 10.7. The molecule has 1 atom stereocenters. The van der Waals surface area contributed by atoms with Crippen molar-refractivity contribution in [2.24, 2.45) is 0 Å². The highest BCUT2D eigenvalue weighted by Gasteiger charge is 2.12. The zero-order chi connectivity index (χ0) is 10.5. The Labute approximate surface area is 91.6 Å². The van der Waals surface area contributed by atoms with Crippen molar-refractivity contribution in [1.82, 2.24) is 5.32 Å². The summed E-state index contributed by atoms with van der Waals surface area (Å²) in [6.07, 6.45) is 2.43. The Kier molecular flexibility index (Phi) is 3.75. The van der Waals surface area contributed by atoms with Crippen molar-refractivity contribution in [3.05, 3.63) is 35.4 Å². The van der Waals surface area contributed by atoms with E-state index in [1.54, 1.807) is 0 Å². The molecule has 1 aromatic rings. The van der Waals surface area contributed by atoms with Gasteiger partial charge >= 0.3 is 0 Å². The van der Waals surface area contributed by atoms with Gasteiger partial charge in [0, 0.05) is 19.2 Å². The lowest BCUT2D eigenvalue weighted by Crippen LogP contribution is -2.36. The Bertz CT molecular complexity index is 305. The molecular formula is C13H19NO. The molecule has 0 aliphatic carbocycles. The van der Waals surface area contributed by atoms with E-state index in [4.69, 9.17) is 4.74 Å². The average molecular weight is 205 g/mol. The molecule has 0 radical (unpaired) electrons. The second-order valence-corrected chi connectivity index (χ2v) is 4.28. The molecular weight excluding hydrogens is 186 g/mol. The average Bonchev–Trinajstić information content (AvgIpc) is 2.28. The molecule has 2 rings (SSSR count). The van der Waals surface area contributed by atoms with E-state index in [2.05, 4.69) is 36.5 Å². The third-order valence-electron chi connectivity index (χ3n) is 2.84. The van der Waals surface area contributed by atoms with Crippen LogP contribution in [0.2, 0.25) is 0 Å². The topological polar surface area (TPSA) is 21.3 Å². The standard InChI is InChI=1S/C13H19NO/c1-11-4-2-5-12(8-11)9-14-13-6-3-7-15-10-13/h2,4-5,8,13-14H,3,6-7,9-10H2,1H3. The van der Waals surface area contributed by atoms with Gasteiger partial charge in [0.1, 0.15) is 0 Å². The lowest BCUT2D eigenvalue weighted by Gasteiger charge is -2.23. The SMILES string of the molecule is Cc1cccc(CNC2CCCOC2)c1. The minimum absolute atomic E-state index is 0.541. The molecule has 1 aliphatic heterocycles. The summed E-state index contributed by atoms with van der Waals surface area (Å²) < 4.78 is 5.43. The fourth-order valence-corrected chi connectivity index (χ4v) is 1.99. The van der Waals surface area contributed by atoms with E-state index >= 15 is 0 Å². The Hall–Kier alpha value is -0.860. The molecule has 1 unspecified atom stereocenters. The minimum Gasteiger partial charge on any atom is -0.380 e. The van der Waals surface area contributed by atoms with Crippen LogP contribution < -0.4 is 5.32 Å². The van der Waals surface area contributed by atoms with Gasteiger partial charge in [0.25, 0.3) is 0 Å². The highest BCUT2D eigenvalue weighted by atomic mass is 16.5. The predicted octanol–water partition coefficient (Wildman–Crippen LogP) is 2.26. The van der Waals surface area contributed by atoms with Gasteiger partial charge in [0.05, 0.1) is 6.61 Å². The van der Waals surface area contributed by atoms with Gasteiger partial charge in [-0.1, -0.05) is 29.8 Å². The van der Waals surface area contributed by atoms with E-state index in [1.807, 2.05) is 0 Å². The van der Waals surface area contributed by atoms with E-state index in [0.717, 1.165) is 19.8 Å². The van der Waals surface area contributed by atoms with E-state index < -0.39 is 0 Å². The first-order valence-corrected chi connectivity index (χ1v) is 5.71. The molecule has 0 saturated carbocycles. The summed E-state index contributed by atoms with van der Waals surface area (Å²) in [5.74, 6) is 0. The molecule has 1 aromatic carbocycles. The summed E-state index contributed by atoms with van der Waals surface area (Å²) in [5.41, 5.74) is 2.69. The second kappa shape index (κ2) is 5.29. The van der Waals surface area contributed by atoms with Gasteiger partial charge in [-0.05, 0) is 25.3 Å². The van der Waals surface area contributed by atoms with E-state index in [-0.39, 0.29) is 0 Å². The van der Waals surface area contributed by atoms with E-state index in [9.17, 15) is 0 Å². The van der Waals surface area contributed by atoms with Crippen LogP contribution in [0.5, 0.6) is 0 Å². The molecule has 2 heteroatoms. The summed E-state index contributed by atoms with van der Waals surface area (Å²) in [6.45, 7) is 4.89. The van der Waals surface area contributed by atoms with Crippen LogP contribution in [0.3, 0.4) is 0 Å². The molecule has 0 bridgehead atoms. The summed E-state index contributed by atoms with van der Waals surface area (Å²) in [4.78, 5) is 0. The largest absolute Gasteiger partial charge is 0.380 e. The summed E-state index contributed by atoms with van der Waals surface area (Å²) >= 11 is 0. The number of hydrogen-bond donors (Lipinski definition) is 1. The van der Waals surface area contributed by atoms with Crippen molar-refractivity contribution >= 4 is 0 Å². The monoisotopic (exact) mass is 205 g/mol. The summed E-state index contributed by atoms with van der Waals surface area (Å²) in [6, 6.07) is 9.19. The zero-order valence-corrected chi connectivity index (χ0v) is 9.33. The minimum atomic E-state index is 0.541. The van der Waals surface area contributed by atoms with Crippen molar-refractivity contribution < 1.29 is 4.74 Å². The molecule has 1 heterocycles. The van der Waals surface area contributed by atoms with Crippen LogP contribution in [0.15, 0.2) is 24.3 Å². The molecule has 2 nitrogen and oxygen atoms in total.